The fourth-order valence-corrected chi connectivity index (χ4v) is 3.08. The lowest BCUT2D eigenvalue weighted by atomic mass is 9.78. The van der Waals surface area contributed by atoms with Crippen LogP contribution in [0.5, 0.6) is 0 Å². The second kappa shape index (κ2) is 6.09. The molecule has 2 aliphatic rings. The topological polar surface area (TPSA) is 59.8 Å². The van der Waals surface area contributed by atoms with Gasteiger partial charge in [-0.1, -0.05) is 6.07 Å². The molecule has 0 spiro atoms. The van der Waals surface area contributed by atoms with Crippen LogP contribution >= 0.6 is 0 Å². The van der Waals surface area contributed by atoms with E-state index in [2.05, 4.69) is 50.0 Å². The molecular formula is C17H28BN3O2. The average molecular weight is 317 g/mol. The van der Waals surface area contributed by atoms with Gasteiger partial charge >= 0.3 is 7.12 Å². The zero-order chi connectivity index (χ0) is 16.7. The van der Waals surface area contributed by atoms with Gasteiger partial charge in [-0.05, 0) is 50.9 Å². The van der Waals surface area contributed by atoms with Gasteiger partial charge < -0.3 is 20.4 Å². The molecule has 3 N–H and O–H groups in total. The van der Waals surface area contributed by atoms with Crippen LogP contribution in [0.2, 0.25) is 0 Å². The quantitative estimate of drug-likeness (QED) is 0.643. The van der Waals surface area contributed by atoms with Crippen LogP contribution < -0.4 is 16.5 Å². The summed E-state index contributed by atoms with van der Waals surface area (Å²) < 4.78 is 12.3. The normalized spacial score (nSPS) is 24.1. The number of hydrogen-bond acceptors (Lipinski definition) is 5. The lowest BCUT2D eigenvalue weighted by Gasteiger charge is -2.32. The summed E-state index contributed by atoms with van der Waals surface area (Å²) in [5.41, 5.74) is 8.45. The second-order valence-electron chi connectivity index (χ2n) is 7.62. The highest BCUT2D eigenvalue weighted by atomic mass is 16.7. The molecule has 0 aliphatic carbocycles. The first-order valence-corrected chi connectivity index (χ1v) is 8.45. The van der Waals surface area contributed by atoms with Gasteiger partial charge in [0.2, 0.25) is 0 Å². The maximum absolute atomic E-state index is 6.15. The lowest BCUT2D eigenvalue weighted by molar-refractivity contribution is 0.00578. The molecule has 0 amide bonds. The van der Waals surface area contributed by atoms with E-state index in [9.17, 15) is 0 Å². The predicted molar refractivity (Wildman–Crippen MR) is 94.7 cm³/mol. The Morgan fingerprint density at radius 3 is 2.30 bits per heavy atom. The molecule has 6 heteroatoms. The zero-order valence-corrected chi connectivity index (χ0v) is 14.7. The molecule has 2 saturated heterocycles. The van der Waals surface area contributed by atoms with E-state index in [4.69, 9.17) is 15.0 Å². The van der Waals surface area contributed by atoms with Gasteiger partial charge in [-0.3, -0.25) is 4.90 Å². The summed E-state index contributed by atoms with van der Waals surface area (Å²) >= 11 is 0. The molecule has 1 aromatic rings. The van der Waals surface area contributed by atoms with Crippen molar-refractivity contribution in [1.82, 2.24) is 10.2 Å². The Kier molecular flexibility index (Phi) is 4.44. The van der Waals surface area contributed by atoms with Crippen LogP contribution in [-0.4, -0.2) is 49.4 Å². The van der Waals surface area contributed by atoms with Crippen molar-refractivity contribution in [1.29, 1.82) is 0 Å². The summed E-state index contributed by atoms with van der Waals surface area (Å²) in [5, 5.41) is 3.38. The zero-order valence-electron chi connectivity index (χ0n) is 14.7. The van der Waals surface area contributed by atoms with Crippen LogP contribution in [0.4, 0.5) is 5.69 Å². The van der Waals surface area contributed by atoms with Crippen LogP contribution in [0.25, 0.3) is 0 Å². The fourth-order valence-electron chi connectivity index (χ4n) is 3.08. The second-order valence-corrected chi connectivity index (χ2v) is 7.62. The molecule has 0 aromatic heterocycles. The maximum atomic E-state index is 6.15. The highest BCUT2D eigenvalue weighted by Gasteiger charge is 2.51. The van der Waals surface area contributed by atoms with Crippen molar-refractivity contribution in [3.05, 3.63) is 23.8 Å². The number of anilines is 1. The molecule has 5 nitrogen and oxygen atoms in total. The van der Waals surface area contributed by atoms with E-state index in [0.29, 0.717) is 0 Å². The summed E-state index contributed by atoms with van der Waals surface area (Å²) in [6, 6.07) is 6.18. The average Bonchev–Trinajstić information content (AvgIpc) is 2.68. The van der Waals surface area contributed by atoms with Gasteiger partial charge in [-0.15, -0.1) is 0 Å². The van der Waals surface area contributed by atoms with Crippen molar-refractivity contribution in [2.45, 2.75) is 45.4 Å². The molecule has 0 bridgehead atoms. The molecule has 126 valence electrons. The number of nitrogens with two attached hydrogens (primary N) is 1. The van der Waals surface area contributed by atoms with Crippen LogP contribution in [-0.2, 0) is 15.9 Å². The minimum absolute atomic E-state index is 0.332. The van der Waals surface area contributed by atoms with Crippen molar-refractivity contribution in [3.63, 3.8) is 0 Å². The molecule has 2 heterocycles. The molecule has 23 heavy (non-hydrogen) atoms. The largest absolute Gasteiger partial charge is 0.494 e. The monoisotopic (exact) mass is 317 g/mol. The first kappa shape index (κ1) is 16.8. The maximum Gasteiger partial charge on any atom is 0.494 e. The summed E-state index contributed by atoms with van der Waals surface area (Å²) in [7, 11) is -0.356. The van der Waals surface area contributed by atoms with Crippen molar-refractivity contribution in [3.8, 4) is 0 Å². The molecule has 3 rings (SSSR count). The van der Waals surface area contributed by atoms with Gasteiger partial charge in [0.25, 0.3) is 0 Å². The van der Waals surface area contributed by atoms with Crippen molar-refractivity contribution >= 4 is 18.3 Å². The summed E-state index contributed by atoms with van der Waals surface area (Å²) in [5.74, 6) is 0. The molecular weight excluding hydrogens is 289 g/mol. The van der Waals surface area contributed by atoms with Gasteiger partial charge in [0.1, 0.15) is 0 Å². The molecule has 2 fully saturated rings. The van der Waals surface area contributed by atoms with Crippen molar-refractivity contribution < 1.29 is 9.31 Å². The number of piperazine rings is 1. The van der Waals surface area contributed by atoms with Gasteiger partial charge in [0.15, 0.2) is 0 Å². The van der Waals surface area contributed by atoms with E-state index in [0.717, 1.165) is 43.9 Å². The third-order valence-electron chi connectivity index (χ3n) is 5.18. The highest BCUT2D eigenvalue weighted by Crippen LogP contribution is 2.36. The Balaban J connectivity index is 1.78. The first-order chi connectivity index (χ1) is 10.8. The Morgan fingerprint density at radius 1 is 1.09 bits per heavy atom. The van der Waals surface area contributed by atoms with Crippen LogP contribution in [0.3, 0.4) is 0 Å². The van der Waals surface area contributed by atoms with E-state index in [1.165, 1.54) is 5.56 Å². The van der Waals surface area contributed by atoms with E-state index in [1.54, 1.807) is 0 Å². The predicted octanol–water partition coefficient (Wildman–Crippen LogP) is 0.973. The Hall–Kier alpha value is -1.08. The van der Waals surface area contributed by atoms with E-state index >= 15 is 0 Å². The van der Waals surface area contributed by atoms with Gasteiger partial charge in [-0.25, -0.2) is 0 Å². The number of nitrogen functional groups attached to an aromatic ring is 1. The summed E-state index contributed by atoms with van der Waals surface area (Å²) in [4.78, 5) is 2.44. The number of hydrogen-bond donors (Lipinski definition) is 2. The van der Waals surface area contributed by atoms with E-state index < -0.39 is 0 Å². The minimum atomic E-state index is -0.356. The first-order valence-electron chi connectivity index (χ1n) is 8.45. The van der Waals surface area contributed by atoms with Gasteiger partial charge in [0.05, 0.1) is 11.2 Å². The van der Waals surface area contributed by atoms with Crippen LogP contribution in [0, 0.1) is 0 Å². The lowest BCUT2D eigenvalue weighted by Crippen LogP contribution is -2.43. The molecule has 0 unspecified atom stereocenters. The smallest absolute Gasteiger partial charge is 0.399 e. The highest BCUT2D eigenvalue weighted by molar-refractivity contribution is 6.62. The molecule has 1 aromatic carbocycles. The number of benzene rings is 1. The van der Waals surface area contributed by atoms with E-state index in [-0.39, 0.29) is 18.3 Å². The third-order valence-corrected chi connectivity index (χ3v) is 5.18. The van der Waals surface area contributed by atoms with Gasteiger partial charge in [0, 0.05) is 38.4 Å². The minimum Gasteiger partial charge on any atom is -0.399 e. The Morgan fingerprint density at radius 2 is 1.70 bits per heavy atom. The van der Waals surface area contributed by atoms with Crippen molar-refractivity contribution in [2.75, 3.05) is 31.9 Å². The standard InChI is InChI=1S/C17H28BN3O2/c1-16(2)17(3,4)23-18(22-16)14-9-13(10-15(19)11-14)12-21-7-5-20-6-8-21/h9-11,20H,5-8,12,19H2,1-4H3. The number of nitrogens with zero attached hydrogens (tertiary/aromatic N) is 1. The Labute approximate surface area is 139 Å². The number of rotatable bonds is 3. The fraction of sp³-hybridized carbons (Fsp3) is 0.647. The molecule has 0 radical (unpaired) electrons. The van der Waals surface area contributed by atoms with Crippen LogP contribution in [0.15, 0.2) is 18.2 Å². The Bertz CT molecular complexity index is 555. The SMILES string of the molecule is CC1(C)OB(c2cc(N)cc(CN3CCNCC3)c2)OC1(C)C. The molecule has 0 atom stereocenters. The third kappa shape index (κ3) is 3.55. The summed E-state index contributed by atoms with van der Waals surface area (Å²) in [6.45, 7) is 13.4. The van der Waals surface area contributed by atoms with Gasteiger partial charge in [-0.2, -0.15) is 0 Å². The van der Waals surface area contributed by atoms with Crippen molar-refractivity contribution in [2.24, 2.45) is 0 Å². The number of nitrogens with one attached hydrogen (secondary N) is 1. The molecule has 0 saturated carbocycles. The van der Waals surface area contributed by atoms with E-state index in [1.807, 2.05) is 6.07 Å². The summed E-state index contributed by atoms with van der Waals surface area (Å²) in [6.07, 6.45) is 0. The molecule has 2 aliphatic heterocycles. The van der Waals surface area contributed by atoms with Crippen LogP contribution in [0.1, 0.15) is 33.3 Å².